The smallest absolute Gasteiger partial charge is 0.162 e. The maximum absolute atomic E-state index is 6.16. The van der Waals surface area contributed by atoms with E-state index in [0.717, 1.165) is 24.3 Å². The molecule has 21 heavy (non-hydrogen) atoms. The highest BCUT2D eigenvalue weighted by Gasteiger charge is 2.18. The molecule has 1 fully saturated rings. The second-order valence-corrected chi connectivity index (χ2v) is 5.76. The molecular weight excluding hydrogens is 260 g/mol. The number of rotatable bonds is 4. The molecule has 2 nitrogen and oxygen atoms in total. The van der Waals surface area contributed by atoms with Crippen LogP contribution in [0.1, 0.15) is 31.2 Å². The van der Waals surface area contributed by atoms with Crippen molar-refractivity contribution in [3.63, 3.8) is 0 Å². The molecule has 0 heterocycles. The third kappa shape index (κ3) is 3.21. The molecule has 0 spiro atoms. The van der Waals surface area contributed by atoms with Gasteiger partial charge in [-0.15, -0.1) is 0 Å². The van der Waals surface area contributed by atoms with Crippen molar-refractivity contribution < 1.29 is 9.47 Å². The van der Waals surface area contributed by atoms with E-state index in [4.69, 9.17) is 9.47 Å². The van der Waals surface area contributed by atoms with Crippen LogP contribution in [0.5, 0.6) is 11.5 Å². The van der Waals surface area contributed by atoms with Crippen molar-refractivity contribution in [3.05, 3.63) is 48.0 Å². The summed E-state index contributed by atoms with van der Waals surface area (Å²) in [5, 5.41) is 0. The number of ether oxygens (including phenoxy) is 2. The summed E-state index contributed by atoms with van der Waals surface area (Å²) in [5.74, 6) is 1.68. The molecule has 0 radical (unpaired) electrons. The monoisotopic (exact) mass is 282 g/mol. The van der Waals surface area contributed by atoms with Crippen LogP contribution in [0.3, 0.4) is 0 Å². The molecular formula is C19H22O2. The number of benzene rings is 2. The molecule has 1 aliphatic carbocycles. The van der Waals surface area contributed by atoms with Crippen LogP contribution in [-0.4, -0.2) is 13.2 Å². The van der Waals surface area contributed by atoms with Crippen molar-refractivity contribution in [2.75, 3.05) is 7.11 Å². The molecule has 0 saturated heterocycles. The van der Waals surface area contributed by atoms with Crippen molar-refractivity contribution in [2.24, 2.45) is 0 Å². The SMILES string of the molecule is COc1ccc(-c2ccc(C)cc2)cc1OC1CCCC1. The van der Waals surface area contributed by atoms with Crippen LogP contribution in [-0.2, 0) is 0 Å². The summed E-state index contributed by atoms with van der Waals surface area (Å²) >= 11 is 0. The number of methoxy groups -OCH3 is 1. The van der Waals surface area contributed by atoms with Gasteiger partial charge in [-0.1, -0.05) is 35.9 Å². The molecule has 1 saturated carbocycles. The van der Waals surface area contributed by atoms with Gasteiger partial charge in [0, 0.05) is 0 Å². The summed E-state index contributed by atoms with van der Waals surface area (Å²) in [6, 6.07) is 14.8. The quantitative estimate of drug-likeness (QED) is 0.786. The van der Waals surface area contributed by atoms with Crippen LogP contribution in [0.25, 0.3) is 11.1 Å². The maximum Gasteiger partial charge on any atom is 0.162 e. The van der Waals surface area contributed by atoms with Crippen LogP contribution < -0.4 is 9.47 Å². The largest absolute Gasteiger partial charge is 0.493 e. The standard InChI is InChI=1S/C19H22O2/c1-14-7-9-15(10-8-14)16-11-12-18(20-2)19(13-16)21-17-5-3-4-6-17/h7-13,17H,3-6H2,1-2H3. The van der Waals surface area contributed by atoms with Crippen molar-refractivity contribution in [1.82, 2.24) is 0 Å². The minimum Gasteiger partial charge on any atom is -0.493 e. The van der Waals surface area contributed by atoms with Gasteiger partial charge in [-0.05, 0) is 55.9 Å². The lowest BCUT2D eigenvalue weighted by Gasteiger charge is -2.17. The molecule has 0 atom stereocenters. The van der Waals surface area contributed by atoms with E-state index in [9.17, 15) is 0 Å². The molecule has 0 aromatic heterocycles. The zero-order chi connectivity index (χ0) is 14.7. The van der Waals surface area contributed by atoms with E-state index in [1.807, 2.05) is 6.07 Å². The Morgan fingerprint density at radius 3 is 2.19 bits per heavy atom. The van der Waals surface area contributed by atoms with Gasteiger partial charge in [0.05, 0.1) is 13.2 Å². The van der Waals surface area contributed by atoms with Crippen LogP contribution >= 0.6 is 0 Å². The predicted molar refractivity (Wildman–Crippen MR) is 86.1 cm³/mol. The minimum atomic E-state index is 0.340. The fourth-order valence-corrected chi connectivity index (χ4v) is 2.88. The average Bonchev–Trinajstić information content (AvgIpc) is 3.01. The minimum absolute atomic E-state index is 0.340. The van der Waals surface area contributed by atoms with Crippen molar-refractivity contribution in [1.29, 1.82) is 0 Å². The third-order valence-corrected chi connectivity index (χ3v) is 4.14. The highest BCUT2D eigenvalue weighted by atomic mass is 16.5. The lowest BCUT2D eigenvalue weighted by atomic mass is 10.0. The van der Waals surface area contributed by atoms with Gasteiger partial charge in [0.25, 0.3) is 0 Å². The first-order chi connectivity index (χ1) is 10.3. The van der Waals surface area contributed by atoms with Gasteiger partial charge in [-0.3, -0.25) is 0 Å². The Morgan fingerprint density at radius 1 is 0.857 bits per heavy atom. The molecule has 0 amide bonds. The Kier molecular flexibility index (Phi) is 4.14. The number of hydrogen-bond donors (Lipinski definition) is 0. The average molecular weight is 282 g/mol. The van der Waals surface area contributed by atoms with Gasteiger partial charge in [0.15, 0.2) is 11.5 Å². The van der Waals surface area contributed by atoms with Crippen LogP contribution in [0.15, 0.2) is 42.5 Å². The zero-order valence-electron chi connectivity index (χ0n) is 12.8. The van der Waals surface area contributed by atoms with Gasteiger partial charge < -0.3 is 9.47 Å². The molecule has 3 rings (SSSR count). The van der Waals surface area contributed by atoms with Crippen LogP contribution in [0.4, 0.5) is 0 Å². The highest BCUT2D eigenvalue weighted by molar-refractivity contribution is 5.67. The Labute approximate surface area is 126 Å². The van der Waals surface area contributed by atoms with Crippen LogP contribution in [0.2, 0.25) is 0 Å². The summed E-state index contributed by atoms with van der Waals surface area (Å²) in [4.78, 5) is 0. The van der Waals surface area contributed by atoms with E-state index in [1.165, 1.54) is 29.5 Å². The van der Waals surface area contributed by atoms with Gasteiger partial charge in [0.1, 0.15) is 0 Å². The molecule has 2 aromatic carbocycles. The Bertz CT molecular complexity index is 595. The first-order valence-electron chi connectivity index (χ1n) is 7.68. The Hall–Kier alpha value is -1.96. The topological polar surface area (TPSA) is 18.5 Å². The summed E-state index contributed by atoms with van der Waals surface area (Å²) in [7, 11) is 1.70. The molecule has 0 N–H and O–H groups in total. The van der Waals surface area contributed by atoms with E-state index in [1.54, 1.807) is 7.11 Å². The lowest BCUT2D eigenvalue weighted by Crippen LogP contribution is -2.11. The van der Waals surface area contributed by atoms with Crippen molar-refractivity contribution in [3.8, 4) is 22.6 Å². The van der Waals surface area contributed by atoms with Crippen molar-refractivity contribution in [2.45, 2.75) is 38.7 Å². The molecule has 1 aliphatic rings. The Morgan fingerprint density at radius 2 is 1.52 bits per heavy atom. The van der Waals surface area contributed by atoms with E-state index >= 15 is 0 Å². The molecule has 2 aromatic rings. The zero-order valence-corrected chi connectivity index (χ0v) is 12.8. The van der Waals surface area contributed by atoms with Crippen LogP contribution in [0, 0.1) is 6.92 Å². The number of aryl methyl sites for hydroxylation is 1. The van der Waals surface area contributed by atoms with Gasteiger partial charge in [0.2, 0.25) is 0 Å². The Balaban J connectivity index is 1.89. The van der Waals surface area contributed by atoms with Gasteiger partial charge in [-0.2, -0.15) is 0 Å². The summed E-state index contributed by atoms with van der Waals surface area (Å²) in [6.45, 7) is 2.10. The normalized spacial score (nSPS) is 15.1. The van der Waals surface area contributed by atoms with Gasteiger partial charge in [-0.25, -0.2) is 0 Å². The summed E-state index contributed by atoms with van der Waals surface area (Å²) in [5.41, 5.74) is 3.65. The maximum atomic E-state index is 6.16. The van der Waals surface area contributed by atoms with Crippen molar-refractivity contribution >= 4 is 0 Å². The first-order valence-corrected chi connectivity index (χ1v) is 7.68. The molecule has 0 aliphatic heterocycles. The predicted octanol–water partition coefficient (Wildman–Crippen LogP) is 4.99. The molecule has 2 heteroatoms. The third-order valence-electron chi connectivity index (χ3n) is 4.14. The lowest BCUT2D eigenvalue weighted by molar-refractivity contribution is 0.201. The first kappa shape index (κ1) is 14.0. The van der Waals surface area contributed by atoms with E-state index in [2.05, 4.69) is 43.3 Å². The highest BCUT2D eigenvalue weighted by Crippen LogP contribution is 2.35. The fourth-order valence-electron chi connectivity index (χ4n) is 2.88. The van der Waals surface area contributed by atoms with E-state index in [-0.39, 0.29) is 0 Å². The molecule has 0 unspecified atom stereocenters. The summed E-state index contributed by atoms with van der Waals surface area (Å²) < 4.78 is 11.6. The second-order valence-electron chi connectivity index (χ2n) is 5.76. The molecule has 0 bridgehead atoms. The fraction of sp³-hybridized carbons (Fsp3) is 0.368. The van der Waals surface area contributed by atoms with E-state index < -0.39 is 0 Å². The van der Waals surface area contributed by atoms with E-state index in [0.29, 0.717) is 6.10 Å². The number of hydrogen-bond acceptors (Lipinski definition) is 2. The van der Waals surface area contributed by atoms with Gasteiger partial charge >= 0.3 is 0 Å². The second kappa shape index (κ2) is 6.21. The summed E-state index contributed by atoms with van der Waals surface area (Å²) in [6.07, 6.45) is 5.18. The molecule has 110 valence electrons.